The van der Waals surface area contributed by atoms with Gasteiger partial charge in [0.25, 0.3) is 0 Å². The highest BCUT2D eigenvalue weighted by atomic mass is 79.9. The number of rotatable bonds is 2. The quantitative estimate of drug-likeness (QED) is 0.440. The van der Waals surface area contributed by atoms with Crippen LogP contribution in [-0.2, 0) is 0 Å². The van der Waals surface area contributed by atoms with Crippen LogP contribution in [0.1, 0.15) is 21.4 Å². The minimum Gasteiger partial charge on any atom is -0.131 e. The molecule has 0 nitrogen and oxygen atoms in total. The second kappa shape index (κ2) is 5.74. The lowest BCUT2D eigenvalue weighted by Gasteiger charge is -2.12. The highest BCUT2D eigenvalue weighted by molar-refractivity contribution is 9.11. The van der Waals surface area contributed by atoms with E-state index in [4.69, 9.17) is 11.6 Å². The van der Waals surface area contributed by atoms with E-state index in [-0.39, 0.29) is 5.38 Å². The van der Waals surface area contributed by atoms with Crippen LogP contribution >= 0.6 is 70.7 Å². The zero-order chi connectivity index (χ0) is 12.6. The van der Waals surface area contributed by atoms with Crippen molar-refractivity contribution in [2.24, 2.45) is 0 Å². The van der Waals surface area contributed by atoms with E-state index in [2.05, 4.69) is 66.8 Å². The second-order valence-corrected chi connectivity index (χ2v) is 8.27. The van der Waals surface area contributed by atoms with Gasteiger partial charge in [-0.25, -0.2) is 0 Å². The van der Waals surface area contributed by atoms with Gasteiger partial charge >= 0.3 is 0 Å². The fourth-order valence-corrected chi connectivity index (χ4v) is 4.46. The van der Waals surface area contributed by atoms with Crippen LogP contribution in [-0.4, -0.2) is 0 Å². The first-order chi connectivity index (χ1) is 7.99. The Balaban J connectivity index is 2.43. The maximum Gasteiger partial charge on any atom is 0.0939 e. The van der Waals surface area contributed by atoms with E-state index in [9.17, 15) is 0 Å². The van der Waals surface area contributed by atoms with Gasteiger partial charge < -0.3 is 0 Å². The Morgan fingerprint density at radius 2 is 1.82 bits per heavy atom. The summed E-state index contributed by atoms with van der Waals surface area (Å²) in [4.78, 5) is 1.13. The molecule has 0 amide bonds. The van der Waals surface area contributed by atoms with Crippen LogP contribution in [0.15, 0.2) is 37.0 Å². The smallest absolute Gasteiger partial charge is 0.0939 e. The van der Waals surface area contributed by atoms with Gasteiger partial charge in [-0.1, -0.05) is 31.9 Å². The normalized spacial score (nSPS) is 12.8. The van der Waals surface area contributed by atoms with Crippen molar-refractivity contribution in [3.05, 3.63) is 53.0 Å². The fraction of sp³-hybridized carbons (Fsp3) is 0.167. The Morgan fingerprint density at radius 1 is 1.12 bits per heavy atom. The molecule has 0 saturated heterocycles. The lowest BCUT2D eigenvalue weighted by molar-refractivity contribution is 1.15. The highest BCUT2D eigenvalue weighted by Gasteiger charge is 2.17. The maximum absolute atomic E-state index is 6.51. The van der Waals surface area contributed by atoms with Crippen molar-refractivity contribution in [1.82, 2.24) is 0 Å². The number of hydrogen-bond acceptors (Lipinski definition) is 1. The van der Waals surface area contributed by atoms with Gasteiger partial charge in [-0.15, -0.1) is 22.9 Å². The fourth-order valence-electron chi connectivity index (χ4n) is 1.47. The van der Waals surface area contributed by atoms with Crippen LogP contribution in [0.25, 0.3) is 0 Å². The van der Waals surface area contributed by atoms with Crippen molar-refractivity contribution >= 4 is 70.7 Å². The largest absolute Gasteiger partial charge is 0.131 e. The second-order valence-electron chi connectivity index (χ2n) is 3.63. The summed E-state index contributed by atoms with van der Waals surface area (Å²) < 4.78 is 3.22. The van der Waals surface area contributed by atoms with Crippen molar-refractivity contribution in [2.45, 2.75) is 12.3 Å². The molecule has 0 N–H and O–H groups in total. The minimum atomic E-state index is -0.127. The first-order valence-corrected chi connectivity index (χ1v) is 8.47. The van der Waals surface area contributed by atoms with Crippen molar-refractivity contribution in [2.75, 3.05) is 0 Å². The summed E-state index contributed by atoms with van der Waals surface area (Å²) in [5.74, 6) is 0. The summed E-state index contributed by atoms with van der Waals surface area (Å²) in [6.07, 6.45) is 0. The summed E-state index contributed by atoms with van der Waals surface area (Å²) in [5, 5.41) is -0.127. The molecular formula is C12H8Br3ClS. The van der Waals surface area contributed by atoms with Crippen molar-refractivity contribution in [1.29, 1.82) is 0 Å². The van der Waals surface area contributed by atoms with E-state index in [1.807, 2.05) is 12.1 Å². The maximum atomic E-state index is 6.51. The molecule has 1 aromatic carbocycles. The molecule has 0 bridgehead atoms. The van der Waals surface area contributed by atoms with E-state index in [0.717, 1.165) is 23.2 Å². The number of aryl methyl sites for hydroxylation is 1. The molecule has 0 spiro atoms. The van der Waals surface area contributed by atoms with Crippen molar-refractivity contribution in [3.63, 3.8) is 0 Å². The van der Waals surface area contributed by atoms with Gasteiger partial charge in [-0.2, -0.15) is 0 Å². The van der Waals surface area contributed by atoms with E-state index in [1.165, 1.54) is 5.56 Å². The van der Waals surface area contributed by atoms with Crippen molar-refractivity contribution in [3.8, 4) is 0 Å². The topological polar surface area (TPSA) is 0 Å². The first kappa shape index (κ1) is 14.1. The monoisotopic (exact) mass is 456 g/mol. The summed E-state index contributed by atoms with van der Waals surface area (Å²) in [6.45, 7) is 2.06. The average molecular weight is 459 g/mol. The molecule has 0 aliphatic rings. The van der Waals surface area contributed by atoms with E-state index in [1.54, 1.807) is 11.3 Å². The molecule has 1 heterocycles. The summed E-state index contributed by atoms with van der Waals surface area (Å²) in [5.41, 5.74) is 2.27. The van der Waals surface area contributed by atoms with Gasteiger partial charge in [-0.05, 0) is 58.2 Å². The van der Waals surface area contributed by atoms with Crippen LogP contribution in [0, 0.1) is 6.92 Å². The van der Waals surface area contributed by atoms with Crippen LogP contribution in [0.4, 0.5) is 0 Å². The minimum absolute atomic E-state index is 0.127. The van der Waals surface area contributed by atoms with Crippen LogP contribution < -0.4 is 0 Å². The Kier molecular flexibility index (Phi) is 4.75. The predicted octanol–water partition coefficient (Wildman–Crippen LogP) is 6.67. The average Bonchev–Trinajstić information content (AvgIpc) is 2.69. The molecule has 0 aliphatic carbocycles. The van der Waals surface area contributed by atoms with Gasteiger partial charge in [0.2, 0.25) is 0 Å². The van der Waals surface area contributed by atoms with Crippen molar-refractivity contribution < 1.29 is 0 Å². The van der Waals surface area contributed by atoms with Crippen LogP contribution in [0.3, 0.4) is 0 Å². The lowest BCUT2D eigenvalue weighted by Crippen LogP contribution is -1.93. The molecule has 0 aliphatic heterocycles. The lowest BCUT2D eigenvalue weighted by atomic mass is 10.1. The molecule has 90 valence electrons. The molecule has 0 fully saturated rings. The van der Waals surface area contributed by atoms with Gasteiger partial charge in [0.1, 0.15) is 0 Å². The number of thiophene rings is 1. The predicted molar refractivity (Wildman–Crippen MR) is 86.3 cm³/mol. The Hall–Kier alpha value is 0.650. The first-order valence-electron chi connectivity index (χ1n) is 4.84. The van der Waals surface area contributed by atoms with Gasteiger partial charge in [0.15, 0.2) is 0 Å². The zero-order valence-electron chi connectivity index (χ0n) is 8.81. The highest BCUT2D eigenvalue weighted by Crippen LogP contribution is 2.40. The summed E-state index contributed by atoms with van der Waals surface area (Å²) >= 11 is 18.7. The van der Waals surface area contributed by atoms with Gasteiger partial charge in [0, 0.05) is 13.8 Å². The number of alkyl halides is 1. The zero-order valence-corrected chi connectivity index (χ0v) is 15.1. The van der Waals surface area contributed by atoms with Gasteiger partial charge in [0.05, 0.1) is 9.16 Å². The van der Waals surface area contributed by atoms with E-state index < -0.39 is 0 Å². The summed E-state index contributed by atoms with van der Waals surface area (Å²) in [7, 11) is 0. The number of benzene rings is 1. The SMILES string of the molecule is Cc1cc(Br)c(C(Cl)c2ccc(Br)s2)cc1Br. The molecule has 5 heteroatoms. The number of hydrogen-bond donors (Lipinski definition) is 0. The Labute approximate surface area is 135 Å². The third-order valence-corrected chi connectivity index (χ3v) is 6.22. The molecule has 1 atom stereocenters. The van der Waals surface area contributed by atoms with Crippen LogP contribution in [0.5, 0.6) is 0 Å². The molecule has 2 aromatic rings. The molecule has 0 saturated carbocycles. The Bertz CT molecular complexity index is 551. The molecular weight excluding hydrogens is 451 g/mol. The molecule has 17 heavy (non-hydrogen) atoms. The van der Waals surface area contributed by atoms with E-state index >= 15 is 0 Å². The standard InChI is InChI=1S/C12H8Br3ClS/c1-6-4-9(14)7(5-8(6)13)12(16)10-2-3-11(15)17-10/h2-5,12H,1H3. The molecule has 0 radical (unpaired) electrons. The summed E-state index contributed by atoms with van der Waals surface area (Å²) in [6, 6.07) is 8.22. The van der Waals surface area contributed by atoms with Gasteiger partial charge in [-0.3, -0.25) is 0 Å². The third kappa shape index (κ3) is 3.16. The third-order valence-electron chi connectivity index (χ3n) is 2.39. The Morgan fingerprint density at radius 3 is 2.41 bits per heavy atom. The van der Waals surface area contributed by atoms with Crippen LogP contribution in [0.2, 0.25) is 0 Å². The molecule has 1 unspecified atom stereocenters. The van der Waals surface area contributed by atoms with E-state index in [0.29, 0.717) is 0 Å². The molecule has 2 rings (SSSR count). The number of halogens is 4. The molecule has 1 aromatic heterocycles.